The van der Waals surface area contributed by atoms with Crippen molar-refractivity contribution in [1.82, 2.24) is 24.8 Å². The van der Waals surface area contributed by atoms with E-state index < -0.39 is 18.0 Å². The Hall–Kier alpha value is -4.40. The first kappa shape index (κ1) is 29.7. The molecule has 9 nitrogen and oxygen atoms in total. The number of nitriles is 1. The summed E-state index contributed by atoms with van der Waals surface area (Å²) in [6.45, 7) is 5.02. The van der Waals surface area contributed by atoms with Gasteiger partial charge in [0.05, 0.1) is 18.5 Å². The number of piperazine rings is 1. The molecule has 2 aliphatic heterocycles. The van der Waals surface area contributed by atoms with Gasteiger partial charge in [0.25, 0.3) is 0 Å². The van der Waals surface area contributed by atoms with Crippen molar-refractivity contribution in [2.75, 3.05) is 44.7 Å². The number of nitrogens with zero attached hydrogens (tertiary/aromatic N) is 7. The van der Waals surface area contributed by atoms with Crippen LogP contribution in [0.4, 0.5) is 14.6 Å². The van der Waals surface area contributed by atoms with Crippen LogP contribution >= 0.6 is 11.6 Å². The molecular weight excluding hydrogens is 588 g/mol. The Balaban J connectivity index is 1.45. The van der Waals surface area contributed by atoms with Gasteiger partial charge in [-0.05, 0) is 31.7 Å². The van der Waals surface area contributed by atoms with Gasteiger partial charge >= 0.3 is 6.01 Å². The largest absolute Gasteiger partial charge is 0.462 e. The molecule has 0 aliphatic carbocycles. The number of pyridine rings is 1. The van der Waals surface area contributed by atoms with Crippen LogP contribution in [0, 0.1) is 17.1 Å². The first-order chi connectivity index (χ1) is 21.3. The zero-order chi connectivity index (χ0) is 31.0. The zero-order valence-corrected chi connectivity index (χ0v) is 24.8. The first-order valence-corrected chi connectivity index (χ1v) is 14.7. The van der Waals surface area contributed by atoms with Crippen molar-refractivity contribution >= 4 is 45.0 Å². The lowest BCUT2D eigenvalue weighted by Gasteiger charge is -2.41. The molecule has 0 bridgehead atoms. The summed E-state index contributed by atoms with van der Waals surface area (Å²) in [6, 6.07) is 10.3. The number of amides is 1. The third-order valence-electron chi connectivity index (χ3n) is 8.40. The van der Waals surface area contributed by atoms with E-state index in [2.05, 4.69) is 22.6 Å². The van der Waals surface area contributed by atoms with Gasteiger partial charge < -0.3 is 14.5 Å². The number of hydrogen-bond donors (Lipinski definition) is 0. The van der Waals surface area contributed by atoms with E-state index in [0.29, 0.717) is 59.8 Å². The van der Waals surface area contributed by atoms with Gasteiger partial charge in [-0.1, -0.05) is 36.4 Å². The Morgan fingerprint density at radius 1 is 1.18 bits per heavy atom. The standard InChI is InChI=1S/C32H30ClF2N7O2/c1-3-27(43)42-12-11-41(17-21(42)9-10-36)31-24-8-7-23(25-15-37-14-19-5-4-6-26(33)28(19)25)29(35)30(24)38-32(39-31)44-18-22-13-20(34)16-40(22)2/h3-8,14-15,20-22H,1,9,11-13,16-18H2,2H3/t20-,21+,22+/m1/s1. The maximum atomic E-state index is 16.6. The Morgan fingerprint density at radius 2 is 2.02 bits per heavy atom. The summed E-state index contributed by atoms with van der Waals surface area (Å²) >= 11 is 6.55. The third-order valence-corrected chi connectivity index (χ3v) is 8.71. The molecule has 2 fully saturated rings. The fraction of sp³-hybridized carbons (Fsp3) is 0.344. The SMILES string of the molecule is C=CC(=O)N1CCN(c2nc(OC[C@@H]3C[C@@H](F)CN3C)nc3c(F)c(-c4cncc5cccc(Cl)c45)ccc23)C[C@@H]1CC#N. The van der Waals surface area contributed by atoms with Crippen LogP contribution in [0.3, 0.4) is 0 Å². The molecule has 1 amide bonds. The molecule has 2 aromatic carbocycles. The molecule has 0 unspecified atom stereocenters. The molecule has 2 aliphatic rings. The summed E-state index contributed by atoms with van der Waals surface area (Å²) in [7, 11) is 1.83. The average molecular weight is 618 g/mol. The van der Waals surface area contributed by atoms with E-state index in [9.17, 15) is 14.4 Å². The highest BCUT2D eigenvalue weighted by Gasteiger charge is 2.33. The number of likely N-dealkylation sites (tertiary alicyclic amines) is 1. The van der Waals surface area contributed by atoms with E-state index in [-0.39, 0.29) is 42.1 Å². The van der Waals surface area contributed by atoms with Gasteiger partial charge in [-0.15, -0.1) is 0 Å². The summed E-state index contributed by atoms with van der Waals surface area (Å²) in [5, 5.41) is 11.8. The molecule has 2 saturated heterocycles. The van der Waals surface area contributed by atoms with E-state index >= 15 is 4.39 Å². The second kappa shape index (κ2) is 12.3. The van der Waals surface area contributed by atoms with Crippen molar-refractivity contribution in [3.63, 3.8) is 0 Å². The molecule has 2 aromatic heterocycles. The van der Waals surface area contributed by atoms with Crippen LogP contribution in [0.1, 0.15) is 12.8 Å². The minimum Gasteiger partial charge on any atom is -0.462 e. The lowest BCUT2D eigenvalue weighted by molar-refractivity contribution is -0.128. The second-order valence-electron chi connectivity index (χ2n) is 11.1. The Labute approximate surface area is 258 Å². The van der Waals surface area contributed by atoms with Crippen LogP contribution in [-0.2, 0) is 4.79 Å². The minimum absolute atomic E-state index is 0.0381. The molecule has 44 heavy (non-hydrogen) atoms. The number of benzene rings is 2. The Kier molecular flexibility index (Phi) is 8.29. The molecular formula is C32H30ClF2N7O2. The van der Waals surface area contributed by atoms with Gasteiger partial charge in [0, 0.05) is 76.9 Å². The number of rotatable bonds is 7. The Morgan fingerprint density at radius 3 is 2.77 bits per heavy atom. The van der Waals surface area contributed by atoms with E-state index in [1.165, 1.54) is 6.08 Å². The number of likely N-dealkylation sites (N-methyl/N-ethyl adjacent to an activating group) is 1. The van der Waals surface area contributed by atoms with Crippen molar-refractivity contribution in [1.29, 1.82) is 5.26 Å². The predicted molar refractivity (Wildman–Crippen MR) is 165 cm³/mol. The first-order valence-electron chi connectivity index (χ1n) is 14.3. The van der Waals surface area contributed by atoms with Crippen LogP contribution in [-0.4, -0.2) is 88.7 Å². The third kappa shape index (κ3) is 5.51. The van der Waals surface area contributed by atoms with Crippen LogP contribution in [0.2, 0.25) is 5.02 Å². The van der Waals surface area contributed by atoms with Gasteiger partial charge in [-0.2, -0.15) is 15.2 Å². The summed E-state index contributed by atoms with van der Waals surface area (Å²) in [4.78, 5) is 31.4. The molecule has 3 atom stereocenters. The van der Waals surface area contributed by atoms with Gasteiger partial charge in [0.1, 0.15) is 24.1 Å². The number of alkyl halides is 1. The highest BCUT2D eigenvalue weighted by atomic mass is 35.5. The van der Waals surface area contributed by atoms with Crippen molar-refractivity contribution in [2.24, 2.45) is 0 Å². The number of anilines is 1. The number of aromatic nitrogens is 3. The van der Waals surface area contributed by atoms with Crippen molar-refractivity contribution in [3.8, 4) is 23.2 Å². The van der Waals surface area contributed by atoms with E-state index in [1.807, 2.05) is 29.0 Å². The van der Waals surface area contributed by atoms with Gasteiger partial charge in [-0.25, -0.2) is 8.78 Å². The lowest BCUT2D eigenvalue weighted by Crippen LogP contribution is -2.55. The van der Waals surface area contributed by atoms with E-state index in [0.717, 1.165) is 5.39 Å². The fourth-order valence-corrected chi connectivity index (χ4v) is 6.43. The molecule has 4 aromatic rings. The fourth-order valence-electron chi connectivity index (χ4n) is 6.15. The zero-order valence-electron chi connectivity index (χ0n) is 24.1. The number of carbonyl (C=O) groups excluding carboxylic acids is 1. The van der Waals surface area contributed by atoms with E-state index in [1.54, 1.807) is 35.5 Å². The van der Waals surface area contributed by atoms with Gasteiger partial charge in [0.2, 0.25) is 5.91 Å². The monoisotopic (exact) mass is 617 g/mol. The van der Waals surface area contributed by atoms with Crippen molar-refractivity contribution < 1.29 is 18.3 Å². The number of ether oxygens (including phenoxy) is 1. The van der Waals surface area contributed by atoms with Gasteiger partial charge in [-0.3, -0.25) is 14.7 Å². The second-order valence-corrected chi connectivity index (χ2v) is 11.5. The summed E-state index contributed by atoms with van der Waals surface area (Å²) < 4.78 is 36.6. The number of fused-ring (bicyclic) bond motifs is 2. The number of carbonyl (C=O) groups is 1. The highest BCUT2D eigenvalue weighted by Crippen LogP contribution is 2.38. The summed E-state index contributed by atoms with van der Waals surface area (Å²) in [5.41, 5.74) is 0.817. The highest BCUT2D eigenvalue weighted by molar-refractivity contribution is 6.36. The molecule has 0 radical (unpaired) electrons. The number of halogens is 3. The lowest BCUT2D eigenvalue weighted by atomic mass is 9.99. The molecule has 0 N–H and O–H groups in total. The molecule has 12 heteroatoms. The normalized spacial score (nSPS) is 20.7. The van der Waals surface area contributed by atoms with Crippen LogP contribution in [0.15, 0.2) is 55.4 Å². The average Bonchev–Trinajstić information content (AvgIpc) is 3.36. The Bertz CT molecular complexity index is 1790. The molecule has 0 saturated carbocycles. The molecule has 6 rings (SSSR count). The maximum Gasteiger partial charge on any atom is 0.319 e. The molecule has 0 spiro atoms. The van der Waals surface area contributed by atoms with Crippen LogP contribution < -0.4 is 9.64 Å². The van der Waals surface area contributed by atoms with Crippen LogP contribution in [0.25, 0.3) is 32.8 Å². The topological polar surface area (TPSA) is 98.5 Å². The maximum absolute atomic E-state index is 16.6. The minimum atomic E-state index is -0.950. The van der Waals surface area contributed by atoms with Gasteiger partial charge in [0.15, 0.2) is 5.82 Å². The summed E-state index contributed by atoms with van der Waals surface area (Å²) in [5.74, 6) is -0.436. The van der Waals surface area contributed by atoms with Crippen molar-refractivity contribution in [3.05, 3.63) is 66.2 Å². The van der Waals surface area contributed by atoms with E-state index in [4.69, 9.17) is 21.3 Å². The van der Waals surface area contributed by atoms with Crippen LogP contribution in [0.5, 0.6) is 6.01 Å². The van der Waals surface area contributed by atoms with Crippen molar-refractivity contribution in [2.45, 2.75) is 31.1 Å². The predicted octanol–water partition coefficient (Wildman–Crippen LogP) is 5.18. The smallest absolute Gasteiger partial charge is 0.319 e. The quantitative estimate of drug-likeness (QED) is 0.262. The summed E-state index contributed by atoms with van der Waals surface area (Å²) in [6.07, 6.45) is 3.96. The molecule has 4 heterocycles. The molecule has 226 valence electrons. The number of hydrogen-bond acceptors (Lipinski definition) is 8.